The van der Waals surface area contributed by atoms with E-state index in [0.717, 1.165) is 24.8 Å². The second-order valence-corrected chi connectivity index (χ2v) is 12.0. The Balaban J connectivity index is 1.20. The molecule has 0 spiro atoms. The monoisotopic (exact) mass is 585 g/mol. The third kappa shape index (κ3) is 7.21. The molecule has 1 saturated heterocycles. The SMILES string of the molecule is O=C(C[C@@H]1CCN2C[C@@H]1CCOc1ncccc1C(=O)N[C@H](Cc1cn(Cc3ccccc3)nn1)C2=O)NC1CCCC1. The smallest absolute Gasteiger partial charge is 0.257 e. The van der Waals surface area contributed by atoms with E-state index >= 15 is 0 Å². The van der Waals surface area contributed by atoms with Crippen LogP contribution in [-0.2, 0) is 22.6 Å². The van der Waals surface area contributed by atoms with Gasteiger partial charge in [-0.1, -0.05) is 48.4 Å². The third-order valence-corrected chi connectivity index (χ3v) is 8.90. The minimum absolute atomic E-state index is 0.0849. The lowest BCUT2D eigenvalue weighted by Gasteiger charge is -2.40. The Kier molecular flexibility index (Phi) is 8.95. The fourth-order valence-electron chi connectivity index (χ4n) is 6.60. The van der Waals surface area contributed by atoms with Crippen molar-refractivity contribution in [3.05, 3.63) is 71.7 Å². The Bertz CT molecular complexity index is 1420. The highest BCUT2D eigenvalue weighted by molar-refractivity contribution is 5.99. The summed E-state index contributed by atoms with van der Waals surface area (Å²) in [6.07, 6.45) is 9.86. The van der Waals surface area contributed by atoms with Crippen LogP contribution in [0.25, 0.3) is 0 Å². The van der Waals surface area contributed by atoms with Gasteiger partial charge in [-0.15, -0.1) is 5.10 Å². The van der Waals surface area contributed by atoms with E-state index in [4.69, 9.17) is 4.74 Å². The molecule has 0 radical (unpaired) electrons. The van der Waals surface area contributed by atoms with Gasteiger partial charge in [0.15, 0.2) is 0 Å². The summed E-state index contributed by atoms with van der Waals surface area (Å²) in [6, 6.07) is 12.7. The van der Waals surface area contributed by atoms with E-state index in [1.54, 1.807) is 23.0 Å². The number of hydrogen-bond donors (Lipinski definition) is 2. The Morgan fingerprint density at radius 2 is 1.88 bits per heavy atom. The molecule has 43 heavy (non-hydrogen) atoms. The number of fused-ring (bicyclic) bond motifs is 3. The number of ether oxygens (including phenoxy) is 1. The van der Waals surface area contributed by atoms with Crippen LogP contribution in [0.15, 0.2) is 54.9 Å². The van der Waals surface area contributed by atoms with Gasteiger partial charge in [-0.05, 0) is 55.2 Å². The molecule has 2 aliphatic heterocycles. The van der Waals surface area contributed by atoms with Gasteiger partial charge >= 0.3 is 0 Å². The quantitative estimate of drug-likeness (QED) is 0.436. The lowest BCUT2D eigenvalue weighted by Crippen LogP contribution is -2.54. The Morgan fingerprint density at radius 3 is 2.72 bits per heavy atom. The van der Waals surface area contributed by atoms with Gasteiger partial charge in [0.2, 0.25) is 17.7 Å². The van der Waals surface area contributed by atoms with Crippen LogP contribution < -0.4 is 15.4 Å². The fraction of sp³-hybridized carbons (Fsp3) is 0.500. The molecule has 11 nitrogen and oxygen atoms in total. The molecule has 3 aliphatic rings. The van der Waals surface area contributed by atoms with Crippen molar-refractivity contribution in [2.24, 2.45) is 11.8 Å². The Hall–Kier alpha value is -4.28. The first-order chi connectivity index (χ1) is 21.0. The molecule has 2 N–H and O–H groups in total. The first-order valence-corrected chi connectivity index (χ1v) is 15.4. The number of nitrogens with one attached hydrogen (secondary N) is 2. The van der Waals surface area contributed by atoms with Crippen molar-refractivity contribution in [3.63, 3.8) is 0 Å². The van der Waals surface area contributed by atoms with Gasteiger partial charge in [0, 0.05) is 44.4 Å². The molecule has 4 heterocycles. The van der Waals surface area contributed by atoms with Gasteiger partial charge < -0.3 is 20.3 Å². The highest BCUT2D eigenvalue weighted by Gasteiger charge is 2.37. The first kappa shape index (κ1) is 28.8. The van der Waals surface area contributed by atoms with E-state index in [9.17, 15) is 14.4 Å². The molecule has 2 aromatic heterocycles. The van der Waals surface area contributed by atoms with Gasteiger partial charge in [0.05, 0.1) is 18.8 Å². The summed E-state index contributed by atoms with van der Waals surface area (Å²) < 4.78 is 7.76. The number of amides is 3. The number of piperidine rings is 1. The van der Waals surface area contributed by atoms with Crippen molar-refractivity contribution in [1.29, 1.82) is 0 Å². The summed E-state index contributed by atoms with van der Waals surface area (Å²) in [5.74, 6) is -0.0125. The Morgan fingerprint density at radius 1 is 1.05 bits per heavy atom. The number of nitrogens with zero attached hydrogens (tertiary/aromatic N) is 5. The predicted molar refractivity (Wildman–Crippen MR) is 158 cm³/mol. The van der Waals surface area contributed by atoms with Gasteiger partial charge in [0.25, 0.3) is 5.91 Å². The van der Waals surface area contributed by atoms with E-state index in [-0.39, 0.29) is 47.6 Å². The van der Waals surface area contributed by atoms with Crippen molar-refractivity contribution in [3.8, 4) is 5.88 Å². The summed E-state index contributed by atoms with van der Waals surface area (Å²) in [5, 5.41) is 14.7. The number of carbonyl (C=O) groups is 3. The average molecular weight is 586 g/mol. The molecule has 1 saturated carbocycles. The van der Waals surface area contributed by atoms with Crippen LogP contribution in [0.3, 0.4) is 0 Å². The molecular formula is C32H39N7O4. The lowest BCUT2D eigenvalue weighted by molar-refractivity contribution is -0.136. The molecular weight excluding hydrogens is 546 g/mol. The third-order valence-electron chi connectivity index (χ3n) is 8.90. The van der Waals surface area contributed by atoms with Crippen LogP contribution in [0, 0.1) is 11.8 Å². The molecule has 226 valence electrons. The number of hydrogen-bond acceptors (Lipinski definition) is 7. The number of aromatic nitrogens is 4. The van der Waals surface area contributed by atoms with Crippen molar-refractivity contribution in [2.45, 2.75) is 70.0 Å². The van der Waals surface area contributed by atoms with Crippen molar-refractivity contribution < 1.29 is 19.1 Å². The summed E-state index contributed by atoms with van der Waals surface area (Å²) in [4.78, 5) is 46.5. The molecule has 2 bridgehead atoms. The van der Waals surface area contributed by atoms with Crippen LogP contribution >= 0.6 is 0 Å². The predicted octanol–water partition coefficient (Wildman–Crippen LogP) is 2.76. The lowest BCUT2D eigenvalue weighted by atomic mass is 9.80. The zero-order valence-corrected chi connectivity index (χ0v) is 24.4. The molecule has 6 rings (SSSR count). The van der Waals surface area contributed by atoms with Gasteiger partial charge in [-0.25, -0.2) is 9.67 Å². The van der Waals surface area contributed by atoms with E-state index in [0.29, 0.717) is 44.8 Å². The van der Waals surface area contributed by atoms with Crippen molar-refractivity contribution in [2.75, 3.05) is 19.7 Å². The standard InChI is InChI=1S/C32H39N7O4/c40-29(34-25-9-4-5-10-25)17-23-12-15-38-20-24(23)13-16-43-31-27(11-6-14-33-31)30(41)35-28(32(38)42)18-26-21-39(37-36-26)19-22-7-2-1-3-8-22/h1-3,6-8,11,14,21,23-25,28H,4-5,9-10,12-13,15-20H2,(H,34,40)(H,35,41)/t23-,24-,28+/m0/s1. The zero-order valence-electron chi connectivity index (χ0n) is 24.4. The number of rotatable bonds is 7. The van der Waals surface area contributed by atoms with E-state index in [2.05, 4.69) is 25.9 Å². The molecule has 0 unspecified atom stereocenters. The van der Waals surface area contributed by atoms with Crippen LogP contribution in [0.1, 0.15) is 66.6 Å². The minimum atomic E-state index is -0.843. The Labute approximate surface area is 251 Å². The molecule has 3 atom stereocenters. The molecule has 1 aromatic carbocycles. The summed E-state index contributed by atoms with van der Waals surface area (Å²) >= 11 is 0. The fourth-order valence-corrected chi connectivity index (χ4v) is 6.60. The maximum Gasteiger partial charge on any atom is 0.257 e. The molecule has 11 heteroatoms. The minimum Gasteiger partial charge on any atom is -0.477 e. The van der Waals surface area contributed by atoms with Gasteiger partial charge in [-0.2, -0.15) is 0 Å². The van der Waals surface area contributed by atoms with Crippen LogP contribution in [-0.4, -0.2) is 74.4 Å². The molecule has 3 aromatic rings. The number of carbonyl (C=O) groups excluding carboxylic acids is 3. The second kappa shape index (κ2) is 13.4. The van der Waals surface area contributed by atoms with E-state index in [1.165, 1.54) is 12.8 Å². The largest absolute Gasteiger partial charge is 0.477 e. The average Bonchev–Trinajstić information content (AvgIpc) is 3.69. The van der Waals surface area contributed by atoms with Crippen LogP contribution in [0.5, 0.6) is 5.88 Å². The van der Waals surface area contributed by atoms with Crippen molar-refractivity contribution in [1.82, 2.24) is 35.5 Å². The maximum absolute atomic E-state index is 14.0. The summed E-state index contributed by atoms with van der Waals surface area (Å²) in [7, 11) is 0. The zero-order chi connectivity index (χ0) is 29.6. The molecule has 1 aliphatic carbocycles. The highest BCUT2D eigenvalue weighted by atomic mass is 16.5. The van der Waals surface area contributed by atoms with Gasteiger partial charge in [-0.3, -0.25) is 14.4 Å². The highest BCUT2D eigenvalue weighted by Crippen LogP contribution is 2.31. The van der Waals surface area contributed by atoms with Crippen LogP contribution in [0.2, 0.25) is 0 Å². The van der Waals surface area contributed by atoms with E-state index in [1.807, 2.05) is 41.4 Å². The summed E-state index contributed by atoms with van der Waals surface area (Å²) in [6.45, 7) is 1.94. The normalized spacial score (nSPS) is 23.0. The van der Waals surface area contributed by atoms with Crippen molar-refractivity contribution >= 4 is 17.7 Å². The summed E-state index contributed by atoms with van der Waals surface area (Å²) in [5.41, 5.74) is 1.98. The van der Waals surface area contributed by atoms with Crippen LogP contribution in [0.4, 0.5) is 0 Å². The van der Waals surface area contributed by atoms with E-state index < -0.39 is 11.9 Å². The number of pyridine rings is 1. The first-order valence-electron chi connectivity index (χ1n) is 15.4. The topological polar surface area (TPSA) is 131 Å². The van der Waals surface area contributed by atoms with Gasteiger partial charge in [0.1, 0.15) is 11.6 Å². The second-order valence-electron chi connectivity index (χ2n) is 12.0. The molecule has 3 amide bonds. The molecule has 2 fully saturated rings. The maximum atomic E-state index is 14.0. The number of benzene rings is 1.